The number of hydrogen-bond acceptors (Lipinski definition) is 6. The topological polar surface area (TPSA) is 79.3 Å². The number of nitrogens with zero attached hydrogens (tertiary/aromatic N) is 2. The van der Waals surface area contributed by atoms with Crippen LogP contribution in [0.25, 0.3) is 33.1 Å². The Kier molecular flexibility index (Phi) is 7.59. The lowest BCUT2D eigenvalue weighted by Gasteiger charge is -2.37. The van der Waals surface area contributed by atoms with Crippen molar-refractivity contribution < 1.29 is 14.2 Å². The molecular formula is C39H36BN3O3. The molecule has 0 fully saturated rings. The fourth-order valence-electron chi connectivity index (χ4n) is 5.61. The highest BCUT2D eigenvalue weighted by Gasteiger charge is 2.36. The molecule has 0 bridgehead atoms. The lowest BCUT2D eigenvalue weighted by Crippen LogP contribution is -2.49. The molecule has 228 valence electrons. The first-order valence-corrected chi connectivity index (χ1v) is 15.6. The van der Waals surface area contributed by atoms with Gasteiger partial charge in [0, 0.05) is 27.5 Å². The molecule has 5 aromatic carbocycles. The summed E-state index contributed by atoms with van der Waals surface area (Å²) >= 11 is 0. The molecule has 1 aromatic heterocycles. The molecule has 46 heavy (non-hydrogen) atoms. The van der Waals surface area contributed by atoms with Crippen molar-refractivity contribution in [3.8, 4) is 11.1 Å². The first kappa shape index (κ1) is 29.7. The third-order valence-corrected chi connectivity index (χ3v) is 9.03. The van der Waals surface area contributed by atoms with E-state index in [1.165, 1.54) is 0 Å². The predicted molar refractivity (Wildman–Crippen MR) is 189 cm³/mol. The number of furan rings is 1. The van der Waals surface area contributed by atoms with Crippen LogP contribution in [-0.2, 0) is 4.65 Å². The van der Waals surface area contributed by atoms with Crippen LogP contribution >= 0.6 is 0 Å². The summed E-state index contributed by atoms with van der Waals surface area (Å²) in [6.07, 6.45) is -0.255. The Bertz CT molecular complexity index is 2080. The van der Waals surface area contributed by atoms with Gasteiger partial charge in [-0.2, -0.15) is 0 Å². The molecule has 0 aliphatic carbocycles. The summed E-state index contributed by atoms with van der Waals surface area (Å²) < 4.78 is 12.8. The minimum Gasteiger partial charge on any atom is -0.455 e. The number of fused-ring (bicyclic) bond motifs is 3. The number of aliphatic imine (C=N–C) groups is 2. The molecule has 7 rings (SSSR count). The second kappa shape index (κ2) is 11.8. The quantitative estimate of drug-likeness (QED) is 0.179. The maximum atomic E-state index is 10.7. The van der Waals surface area contributed by atoms with Gasteiger partial charge in [0.2, 0.25) is 0 Å². The van der Waals surface area contributed by atoms with Crippen LogP contribution in [0, 0.1) is 0 Å². The fourth-order valence-corrected chi connectivity index (χ4v) is 5.61. The first-order chi connectivity index (χ1) is 22.2. The second-order valence-electron chi connectivity index (χ2n) is 12.7. The zero-order valence-corrected chi connectivity index (χ0v) is 26.5. The van der Waals surface area contributed by atoms with Gasteiger partial charge in [0.1, 0.15) is 23.2 Å². The summed E-state index contributed by atoms with van der Waals surface area (Å²) in [6.45, 7) is 7.37. The summed E-state index contributed by atoms with van der Waals surface area (Å²) in [6, 6.07) is 41.0. The Morgan fingerprint density at radius 3 is 2.11 bits per heavy atom. The van der Waals surface area contributed by atoms with Crippen molar-refractivity contribution in [2.75, 3.05) is 0 Å². The highest BCUT2D eigenvalue weighted by atomic mass is 16.5. The van der Waals surface area contributed by atoms with Crippen LogP contribution in [-0.4, -0.2) is 35.5 Å². The molecule has 7 heteroatoms. The van der Waals surface area contributed by atoms with Crippen LogP contribution in [0.1, 0.15) is 50.6 Å². The number of amidine groups is 2. The van der Waals surface area contributed by atoms with E-state index < -0.39 is 11.2 Å². The van der Waals surface area contributed by atoms with Crippen LogP contribution in [0.3, 0.4) is 0 Å². The van der Waals surface area contributed by atoms with E-state index in [1.54, 1.807) is 13.8 Å². The zero-order valence-electron chi connectivity index (χ0n) is 26.5. The van der Waals surface area contributed by atoms with Crippen molar-refractivity contribution in [3.63, 3.8) is 0 Å². The number of para-hydroxylation sites is 1. The van der Waals surface area contributed by atoms with Crippen molar-refractivity contribution >= 4 is 46.6 Å². The maximum absolute atomic E-state index is 10.7. The van der Waals surface area contributed by atoms with E-state index in [9.17, 15) is 5.11 Å². The van der Waals surface area contributed by atoms with E-state index in [0.717, 1.165) is 61.1 Å². The Morgan fingerprint density at radius 1 is 0.739 bits per heavy atom. The molecule has 0 saturated heterocycles. The van der Waals surface area contributed by atoms with Crippen LogP contribution in [0.15, 0.2) is 136 Å². The minimum atomic E-state index is -1.00. The summed E-state index contributed by atoms with van der Waals surface area (Å²) in [4.78, 5) is 9.90. The van der Waals surface area contributed by atoms with Gasteiger partial charge in [0.15, 0.2) is 5.84 Å². The van der Waals surface area contributed by atoms with E-state index in [2.05, 4.69) is 59.9 Å². The second-order valence-corrected chi connectivity index (χ2v) is 12.7. The molecule has 6 nitrogen and oxygen atoms in total. The SMILES string of the molecule is CC(C)(O)C(C)(C)OBc1ccc(-c2ccc(C3=NC(c4ccccc4)=NC(c4ccccc4)N3)cc2)c2oc3ccccc3c12. The summed E-state index contributed by atoms with van der Waals surface area (Å²) in [5.41, 5.74) is 5.94. The molecule has 0 amide bonds. The van der Waals surface area contributed by atoms with Crippen molar-refractivity contribution in [1.29, 1.82) is 0 Å². The Labute approximate surface area is 269 Å². The van der Waals surface area contributed by atoms with E-state index >= 15 is 0 Å². The van der Waals surface area contributed by atoms with Crippen molar-refractivity contribution in [2.24, 2.45) is 9.98 Å². The summed E-state index contributed by atoms with van der Waals surface area (Å²) in [5, 5.41) is 16.3. The van der Waals surface area contributed by atoms with E-state index in [-0.39, 0.29) is 6.17 Å². The standard InChI is InChI=1S/C39H36BN3O3/c1-38(2,44)39(3,4)46-40-31-24-23-29(34-33(31)30-17-11-12-18-32(30)45-34)25-19-21-28(22-20-25)37-42-35(26-13-7-5-8-14-26)41-36(43-37)27-15-9-6-10-16-27/h5-24,35,40,44H,1-4H3,(H,41,42,43). The van der Waals surface area contributed by atoms with Crippen molar-refractivity contribution in [1.82, 2.24) is 5.32 Å². The number of aliphatic hydroxyl groups is 1. The number of rotatable bonds is 8. The van der Waals surface area contributed by atoms with Gasteiger partial charge >= 0.3 is 7.48 Å². The van der Waals surface area contributed by atoms with Crippen molar-refractivity contribution in [3.05, 3.63) is 138 Å². The van der Waals surface area contributed by atoms with Gasteiger partial charge < -0.3 is 19.5 Å². The first-order valence-electron chi connectivity index (χ1n) is 15.6. The average molecular weight is 606 g/mol. The Balaban J connectivity index is 1.25. The highest BCUT2D eigenvalue weighted by Crippen LogP contribution is 2.35. The lowest BCUT2D eigenvalue weighted by atomic mass is 9.79. The summed E-state index contributed by atoms with van der Waals surface area (Å²) in [7, 11) is 0.343. The third kappa shape index (κ3) is 5.64. The fraction of sp³-hybridized carbons (Fsp3) is 0.179. The highest BCUT2D eigenvalue weighted by molar-refractivity contribution is 6.53. The van der Waals surface area contributed by atoms with Gasteiger partial charge in [-0.05, 0) is 50.4 Å². The van der Waals surface area contributed by atoms with Crippen LogP contribution in [0.5, 0.6) is 0 Å². The molecular weight excluding hydrogens is 569 g/mol. The molecule has 1 unspecified atom stereocenters. The monoisotopic (exact) mass is 605 g/mol. The lowest BCUT2D eigenvalue weighted by molar-refractivity contribution is -0.0893. The normalized spacial score (nSPS) is 15.4. The molecule has 0 saturated carbocycles. The van der Waals surface area contributed by atoms with Gasteiger partial charge in [-0.3, -0.25) is 0 Å². The third-order valence-electron chi connectivity index (χ3n) is 9.03. The molecule has 1 aliphatic heterocycles. The van der Waals surface area contributed by atoms with Gasteiger partial charge in [-0.15, -0.1) is 0 Å². The van der Waals surface area contributed by atoms with E-state index in [0.29, 0.717) is 13.3 Å². The number of hydrogen-bond donors (Lipinski definition) is 2. The molecule has 2 N–H and O–H groups in total. The van der Waals surface area contributed by atoms with E-state index in [1.807, 2.05) is 80.6 Å². The van der Waals surface area contributed by atoms with Gasteiger partial charge in [-0.1, -0.05) is 115 Å². The molecule has 1 aliphatic rings. The molecule has 0 spiro atoms. The van der Waals surface area contributed by atoms with Crippen LogP contribution in [0.4, 0.5) is 0 Å². The van der Waals surface area contributed by atoms with Gasteiger partial charge in [0.05, 0.1) is 11.2 Å². The smallest absolute Gasteiger partial charge is 0.310 e. The molecule has 1 atom stereocenters. The molecule has 2 heterocycles. The average Bonchev–Trinajstić information content (AvgIpc) is 3.47. The Hall–Kier alpha value is -4.98. The number of benzene rings is 5. The van der Waals surface area contributed by atoms with Gasteiger partial charge in [0.25, 0.3) is 0 Å². The van der Waals surface area contributed by atoms with Gasteiger partial charge in [-0.25, -0.2) is 9.98 Å². The van der Waals surface area contributed by atoms with Crippen molar-refractivity contribution in [2.45, 2.75) is 45.1 Å². The zero-order chi connectivity index (χ0) is 31.9. The summed E-state index contributed by atoms with van der Waals surface area (Å²) in [5.74, 6) is 1.46. The predicted octanol–water partition coefficient (Wildman–Crippen LogP) is 7.29. The number of nitrogens with one attached hydrogen (secondary N) is 1. The Morgan fingerprint density at radius 2 is 1.39 bits per heavy atom. The van der Waals surface area contributed by atoms with Crippen LogP contribution in [0.2, 0.25) is 0 Å². The maximum Gasteiger partial charge on any atom is 0.310 e. The largest absolute Gasteiger partial charge is 0.455 e. The van der Waals surface area contributed by atoms with E-state index in [4.69, 9.17) is 19.1 Å². The minimum absolute atomic E-state index is 0.255. The van der Waals surface area contributed by atoms with Crippen LogP contribution < -0.4 is 10.8 Å². The molecule has 0 radical (unpaired) electrons. The molecule has 6 aromatic rings.